The molecule has 0 aromatic heterocycles. The predicted octanol–water partition coefficient (Wildman–Crippen LogP) is 5.18. The Kier molecular flexibility index (Phi) is 7.00. The van der Waals surface area contributed by atoms with E-state index < -0.39 is 5.97 Å². The Hall–Kier alpha value is -2.11. The molecule has 2 aromatic rings. The molecule has 0 heterocycles. The number of esters is 1. The first-order valence-electron chi connectivity index (χ1n) is 8.43. The van der Waals surface area contributed by atoms with Crippen molar-refractivity contribution in [2.24, 2.45) is 0 Å². The maximum Gasteiger partial charge on any atom is 0.339 e. The van der Waals surface area contributed by atoms with Crippen LogP contribution in [-0.2, 0) is 4.74 Å². The minimum absolute atomic E-state index is 0.0589. The average molecular weight is 391 g/mol. The van der Waals surface area contributed by atoms with Crippen LogP contribution in [0.25, 0.3) is 0 Å². The van der Waals surface area contributed by atoms with E-state index in [9.17, 15) is 4.79 Å². The van der Waals surface area contributed by atoms with Gasteiger partial charge in [-0.05, 0) is 74.8 Å². The summed E-state index contributed by atoms with van der Waals surface area (Å²) in [7, 11) is 0. The lowest BCUT2D eigenvalue weighted by Gasteiger charge is -2.18. The zero-order valence-corrected chi connectivity index (χ0v) is 16.9. The molecule has 4 nitrogen and oxygen atoms in total. The standard InChI is InChI=1S/C20H23ClN2O2S/c1-5-25-19(24)17-9-8-16(11-18(17)21)23-20(26)22-14(4)15-7-6-12(2)13(3)10-15/h6-11,14H,5H2,1-4H3,(H2,22,23,26)/t14-/m0/s1. The molecule has 1 atom stereocenters. The van der Waals surface area contributed by atoms with Crippen LogP contribution in [0.5, 0.6) is 0 Å². The smallest absolute Gasteiger partial charge is 0.339 e. The molecule has 0 aliphatic carbocycles. The van der Waals surface area contributed by atoms with Gasteiger partial charge in [-0.15, -0.1) is 0 Å². The highest BCUT2D eigenvalue weighted by Crippen LogP contribution is 2.22. The molecule has 0 fully saturated rings. The second kappa shape index (κ2) is 9.01. The van der Waals surface area contributed by atoms with Crippen LogP contribution in [0, 0.1) is 13.8 Å². The van der Waals surface area contributed by atoms with Crippen LogP contribution in [0.3, 0.4) is 0 Å². The van der Waals surface area contributed by atoms with Gasteiger partial charge in [-0.2, -0.15) is 0 Å². The highest BCUT2D eigenvalue weighted by atomic mass is 35.5. The Bertz CT molecular complexity index is 823. The summed E-state index contributed by atoms with van der Waals surface area (Å²) in [5.41, 5.74) is 4.71. The van der Waals surface area contributed by atoms with Gasteiger partial charge in [-0.25, -0.2) is 4.79 Å². The van der Waals surface area contributed by atoms with E-state index in [0.717, 1.165) is 5.56 Å². The maximum absolute atomic E-state index is 11.8. The van der Waals surface area contributed by atoms with Gasteiger partial charge in [0.15, 0.2) is 5.11 Å². The second-order valence-corrected chi connectivity index (χ2v) is 6.89. The number of carbonyl (C=O) groups excluding carboxylic acids is 1. The molecule has 0 saturated heterocycles. The van der Waals surface area contributed by atoms with Crippen molar-refractivity contribution < 1.29 is 9.53 Å². The first-order valence-corrected chi connectivity index (χ1v) is 9.21. The van der Waals surface area contributed by atoms with Crippen LogP contribution in [0.15, 0.2) is 36.4 Å². The first-order chi connectivity index (χ1) is 12.3. The molecule has 0 saturated carbocycles. The van der Waals surface area contributed by atoms with E-state index in [2.05, 4.69) is 49.6 Å². The van der Waals surface area contributed by atoms with Gasteiger partial charge in [0.05, 0.1) is 23.2 Å². The lowest BCUT2D eigenvalue weighted by molar-refractivity contribution is 0.0526. The molecule has 0 spiro atoms. The third-order valence-electron chi connectivity index (χ3n) is 4.10. The molecule has 138 valence electrons. The number of benzene rings is 2. The van der Waals surface area contributed by atoms with E-state index in [-0.39, 0.29) is 6.04 Å². The summed E-state index contributed by atoms with van der Waals surface area (Å²) in [6.45, 7) is 8.29. The lowest BCUT2D eigenvalue weighted by Crippen LogP contribution is -2.31. The molecular formula is C20H23ClN2O2S. The zero-order chi connectivity index (χ0) is 19.3. The molecule has 0 bridgehead atoms. The topological polar surface area (TPSA) is 50.4 Å². The molecular weight excluding hydrogens is 368 g/mol. The van der Waals surface area contributed by atoms with Gasteiger partial charge >= 0.3 is 5.97 Å². The van der Waals surface area contributed by atoms with E-state index in [1.807, 2.05) is 0 Å². The first kappa shape index (κ1) is 20.2. The zero-order valence-electron chi connectivity index (χ0n) is 15.4. The molecule has 0 aliphatic heterocycles. The largest absolute Gasteiger partial charge is 0.462 e. The summed E-state index contributed by atoms with van der Waals surface area (Å²) in [5, 5.41) is 7.15. The Morgan fingerprint density at radius 1 is 1.19 bits per heavy atom. The fourth-order valence-electron chi connectivity index (χ4n) is 2.45. The van der Waals surface area contributed by atoms with E-state index in [0.29, 0.717) is 28.0 Å². The van der Waals surface area contributed by atoms with Crippen LogP contribution in [0.4, 0.5) is 5.69 Å². The number of thiocarbonyl (C=S) groups is 1. The van der Waals surface area contributed by atoms with Crippen molar-refractivity contribution in [2.45, 2.75) is 33.7 Å². The van der Waals surface area contributed by atoms with Crippen LogP contribution >= 0.6 is 23.8 Å². The molecule has 0 radical (unpaired) electrons. The van der Waals surface area contributed by atoms with Crippen LogP contribution < -0.4 is 10.6 Å². The normalized spacial score (nSPS) is 11.6. The van der Waals surface area contributed by atoms with Crippen LogP contribution in [-0.4, -0.2) is 17.7 Å². The molecule has 0 amide bonds. The van der Waals surface area contributed by atoms with Crippen molar-refractivity contribution in [3.8, 4) is 0 Å². The van der Waals surface area contributed by atoms with Crippen LogP contribution in [0.2, 0.25) is 5.02 Å². The number of ether oxygens (including phenoxy) is 1. The molecule has 0 aliphatic rings. The number of nitrogens with one attached hydrogen (secondary N) is 2. The lowest BCUT2D eigenvalue weighted by atomic mass is 10.0. The van der Waals surface area contributed by atoms with Crippen LogP contribution in [0.1, 0.15) is 46.9 Å². The summed E-state index contributed by atoms with van der Waals surface area (Å²) >= 11 is 11.6. The summed E-state index contributed by atoms with van der Waals surface area (Å²) in [6.07, 6.45) is 0. The number of carbonyl (C=O) groups is 1. The van der Waals surface area contributed by atoms with E-state index >= 15 is 0 Å². The fraction of sp³-hybridized carbons (Fsp3) is 0.300. The highest BCUT2D eigenvalue weighted by Gasteiger charge is 2.13. The molecule has 0 unspecified atom stereocenters. The third kappa shape index (κ3) is 5.19. The Balaban J connectivity index is 2.02. The number of hydrogen-bond donors (Lipinski definition) is 2. The summed E-state index contributed by atoms with van der Waals surface area (Å²) < 4.78 is 4.97. The van der Waals surface area contributed by atoms with Crippen molar-refractivity contribution in [2.75, 3.05) is 11.9 Å². The third-order valence-corrected chi connectivity index (χ3v) is 4.63. The minimum atomic E-state index is -0.437. The summed E-state index contributed by atoms with van der Waals surface area (Å²) in [4.78, 5) is 11.8. The Labute approximate surface area is 164 Å². The van der Waals surface area contributed by atoms with E-state index in [1.54, 1.807) is 25.1 Å². The Morgan fingerprint density at radius 3 is 2.54 bits per heavy atom. The quantitative estimate of drug-likeness (QED) is 0.544. The fourth-order valence-corrected chi connectivity index (χ4v) is 3.00. The van der Waals surface area contributed by atoms with E-state index in [1.165, 1.54) is 11.1 Å². The van der Waals surface area contributed by atoms with Crippen molar-refractivity contribution >= 4 is 40.6 Å². The van der Waals surface area contributed by atoms with E-state index in [4.69, 9.17) is 28.6 Å². The average Bonchev–Trinajstić information content (AvgIpc) is 2.57. The number of halogens is 1. The van der Waals surface area contributed by atoms with Crippen molar-refractivity contribution in [1.82, 2.24) is 5.32 Å². The maximum atomic E-state index is 11.8. The SMILES string of the molecule is CCOC(=O)c1ccc(NC(=S)N[C@@H](C)c2ccc(C)c(C)c2)cc1Cl. The molecule has 26 heavy (non-hydrogen) atoms. The predicted molar refractivity (Wildman–Crippen MR) is 111 cm³/mol. The van der Waals surface area contributed by atoms with Crippen molar-refractivity contribution in [3.63, 3.8) is 0 Å². The molecule has 2 rings (SSSR count). The Morgan fingerprint density at radius 2 is 1.92 bits per heavy atom. The number of rotatable bonds is 5. The van der Waals surface area contributed by atoms with Crippen molar-refractivity contribution in [1.29, 1.82) is 0 Å². The monoisotopic (exact) mass is 390 g/mol. The number of anilines is 1. The van der Waals surface area contributed by atoms with Gasteiger partial charge in [-0.1, -0.05) is 29.8 Å². The summed E-state index contributed by atoms with van der Waals surface area (Å²) in [6, 6.07) is 11.4. The van der Waals surface area contributed by atoms with Gasteiger partial charge in [0, 0.05) is 5.69 Å². The molecule has 6 heteroatoms. The minimum Gasteiger partial charge on any atom is -0.462 e. The highest BCUT2D eigenvalue weighted by molar-refractivity contribution is 7.80. The number of aryl methyl sites for hydroxylation is 2. The van der Waals surface area contributed by atoms with Crippen molar-refractivity contribution in [3.05, 3.63) is 63.7 Å². The molecule has 2 aromatic carbocycles. The van der Waals surface area contributed by atoms with Gasteiger partial charge < -0.3 is 15.4 Å². The second-order valence-electron chi connectivity index (χ2n) is 6.08. The van der Waals surface area contributed by atoms with Gasteiger partial charge in [0.1, 0.15) is 0 Å². The van der Waals surface area contributed by atoms with Gasteiger partial charge in [0.25, 0.3) is 0 Å². The van der Waals surface area contributed by atoms with Gasteiger partial charge in [0.2, 0.25) is 0 Å². The molecule has 2 N–H and O–H groups in total. The summed E-state index contributed by atoms with van der Waals surface area (Å²) in [5.74, 6) is -0.437. The van der Waals surface area contributed by atoms with Gasteiger partial charge in [-0.3, -0.25) is 0 Å². The number of hydrogen-bond acceptors (Lipinski definition) is 3.